The number of aliphatic hydroxyl groups is 1. The molecule has 1 rings (SSSR count). The first kappa shape index (κ1) is 17.2. The number of rotatable bonds is 3. The van der Waals surface area contributed by atoms with Crippen molar-refractivity contribution in [3.63, 3.8) is 0 Å². The van der Waals surface area contributed by atoms with E-state index in [-0.39, 0.29) is 12.1 Å². The molecular weight excluding hydrogens is 256 g/mol. The van der Waals surface area contributed by atoms with Crippen LogP contribution < -0.4 is 5.32 Å². The fourth-order valence-electron chi connectivity index (χ4n) is 2.11. The molecule has 0 aliphatic carbocycles. The van der Waals surface area contributed by atoms with E-state index in [1.54, 1.807) is 18.7 Å². The highest BCUT2D eigenvalue weighted by atomic mass is 16.6. The van der Waals surface area contributed by atoms with Gasteiger partial charge in [-0.25, -0.2) is 4.79 Å². The molecule has 1 aliphatic heterocycles. The molecule has 1 atom stereocenters. The van der Waals surface area contributed by atoms with E-state index in [2.05, 4.69) is 5.32 Å². The lowest BCUT2D eigenvalue weighted by atomic mass is 9.97. The first-order chi connectivity index (χ1) is 8.99. The monoisotopic (exact) mass is 286 g/mol. The van der Waals surface area contributed by atoms with Gasteiger partial charge in [0.2, 0.25) is 0 Å². The summed E-state index contributed by atoms with van der Waals surface area (Å²) in [7, 11) is 0. The van der Waals surface area contributed by atoms with Crippen LogP contribution in [0.4, 0.5) is 4.79 Å². The highest BCUT2D eigenvalue weighted by Gasteiger charge is 2.29. The van der Waals surface area contributed by atoms with E-state index >= 15 is 0 Å². The molecule has 20 heavy (non-hydrogen) atoms. The number of likely N-dealkylation sites (tertiary alicyclic amines) is 1. The van der Waals surface area contributed by atoms with Crippen molar-refractivity contribution in [3.8, 4) is 0 Å². The van der Waals surface area contributed by atoms with Crippen LogP contribution in [0.2, 0.25) is 0 Å². The van der Waals surface area contributed by atoms with Crippen LogP contribution in [-0.2, 0) is 4.74 Å². The summed E-state index contributed by atoms with van der Waals surface area (Å²) >= 11 is 0. The van der Waals surface area contributed by atoms with Crippen molar-refractivity contribution in [2.45, 2.75) is 77.7 Å². The summed E-state index contributed by atoms with van der Waals surface area (Å²) in [5.41, 5.74) is -1.18. The molecule has 5 heteroatoms. The molecule has 1 fully saturated rings. The van der Waals surface area contributed by atoms with Crippen molar-refractivity contribution >= 4 is 6.09 Å². The zero-order chi connectivity index (χ0) is 15.6. The number of hydrogen-bond acceptors (Lipinski definition) is 4. The van der Waals surface area contributed by atoms with Gasteiger partial charge in [-0.05, 0) is 54.4 Å². The zero-order valence-electron chi connectivity index (χ0n) is 13.7. The normalized spacial score (nSPS) is 19.9. The molecule has 118 valence electrons. The number of hydrogen-bond donors (Lipinski definition) is 2. The van der Waals surface area contributed by atoms with Gasteiger partial charge in [-0.15, -0.1) is 0 Å². The lowest BCUT2D eigenvalue weighted by Gasteiger charge is -2.37. The molecule has 1 unspecified atom stereocenters. The summed E-state index contributed by atoms with van der Waals surface area (Å²) < 4.78 is 5.37. The summed E-state index contributed by atoms with van der Waals surface area (Å²) in [6.45, 7) is 12.6. The van der Waals surface area contributed by atoms with Gasteiger partial charge in [0, 0.05) is 25.2 Å². The molecule has 0 saturated carbocycles. The second-order valence-electron chi connectivity index (χ2n) is 7.28. The Labute approximate surface area is 122 Å². The van der Waals surface area contributed by atoms with Gasteiger partial charge >= 0.3 is 6.09 Å². The maximum atomic E-state index is 11.9. The van der Waals surface area contributed by atoms with Gasteiger partial charge < -0.3 is 20.1 Å². The van der Waals surface area contributed by atoms with Crippen LogP contribution in [0.25, 0.3) is 0 Å². The lowest BCUT2D eigenvalue weighted by molar-refractivity contribution is 0.0145. The van der Waals surface area contributed by atoms with Gasteiger partial charge in [0.1, 0.15) is 5.60 Å². The van der Waals surface area contributed by atoms with Gasteiger partial charge in [0.05, 0.1) is 5.60 Å². The lowest BCUT2D eigenvalue weighted by Crippen LogP contribution is -2.53. The summed E-state index contributed by atoms with van der Waals surface area (Å²) in [4.78, 5) is 13.7. The summed E-state index contributed by atoms with van der Waals surface area (Å²) in [6, 6.07) is 0.371. The molecule has 1 aliphatic rings. The third-order valence-corrected chi connectivity index (χ3v) is 3.69. The first-order valence-corrected chi connectivity index (χ1v) is 7.45. The minimum absolute atomic E-state index is 0.0283. The topological polar surface area (TPSA) is 61.8 Å². The number of nitrogens with one attached hydrogen (secondary N) is 1. The molecule has 0 spiro atoms. The number of carbonyl (C=O) groups excluding carboxylic acids is 1. The average Bonchev–Trinajstić information content (AvgIpc) is 2.26. The van der Waals surface area contributed by atoms with E-state index in [1.807, 2.05) is 27.7 Å². The standard InChI is InChI=1S/C15H30N2O3/c1-11(15(5,6)19)16-12-7-9-17(10-8-12)13(18)20-14(2,3)4/h11-12,16,19H,7-10H2,1-6H3. The molecule has 0 aromatic carbocycles. The van der Waals surface area contributed by atoms with Gasteiger partial charge in [0.25, 0.3) is 0 Å². The minimum atomic E-state index is -0.734. The number of carbonyl (C=O) groups is 1. The van der Waals surface area contributed by atoms with Crippen LogP contribution >= 0.6 is 0 Å². The van der Waals surface area contributed by atoms with Crippen molar-refractivity contribution in [1.29, 1.82) is 0 Å². The number of nitrogens with zero attached hydrogens (tertiary/aromatic N) is 1. The molecule has 0 radical (unpaired) electrons. The highest BCUT2D eigenvalue weighted by molar-refractivity contribution is 5.68. The van der Waals surface area contributed by atoms with E-state index in [4.69, 9.17) is 4.74 Å². The summed E-state index contributed by atoms with van der Waals surface area (Å²) in [6.07, 6.45) is 1.55. The largest absolute Gasteiger partial charge is 0.444 e. The zero-order valence-corrected chi connectivity index (χ0v) is 13.7. The predicted octanol–water partition coefficient (Wildman–Crippen LogP) is 2.13. The second-order valence-corrected chi connectivity index (χ2v) is 7.28. The average molecular weight is 286 g/mol. The van der Waals surface area contributed by atoms with E-state index in [1.165, 1.54) is 0 Å². The molecular formula is C15H30N2O3. The first-order valence-electron chi connectivity index (χ1n) is 7.45. The second kappa shape index (κ2) is 6.31. The fourth-order valence-corrected chi connectivity index (χ4v) is 2.11. The fraction of sp³-hybridized carbons (Fsp3) is 0.933. The Morgan fingerprint density at radius 1 is 1.25 bits per heavy atom. The molecule has 0 bridgehead atoms. The third-order valence-electron chi connectivity index (χ3n) is 3.69. The molecule has 0 aromatic heterocycles. The molecule has 1 saturated heterocycles. The van der Waals surface area contributed by atoms with Gasteiger partial charge in [-0.3, -0.25) is 0 Å². The van der Waals surface area contributed by atoms with Crippen molar-refractivity contribution in [1.82, 2.24) is 10.2 Å². The van der Waals surface area contributed by atoms with Gasteiger partial charge in [-0.2, -0.15) is 0 Å². The Balaban J connectivity index is 2.39. The van der Waals surface area contributed by atoms with Gasteiger partial charge in [0.15, 0.2) is 0 Å². The quantitative estimate of drug-likeness (QED) is 0.834. The predicted molar refractivity (Wildman–Crippen MR) is 79.7 cm³/mol. The van der Waals surface area contributed by atoms with E-state index in [0.29, 0.717) is 19.1 Å². The smallest absolute Gasteiger partial charge is 0.410 e. The minimum Gasteiger partial charge on any atom is -0.444 e. The Morgan fingerprint density at radius 3 is 2.15 bits per heavy atom. The molecule has 1 amide bonds. The van der Waals surface area contributed by atoms with E-state index in [9.17, 15) is 9.90 Å². The third kappa shape index (κ3) is 5.67. The molecule has 0 aromatic rings. The summed E-state index contributed by atoms with van der Waals surface area (Å²) in [5.74, 6) is 0. The highest BCUT2D eigenvalue weighted by Crippen LogP contribution is 2.17. The van der Waals surface area contributed by atoms with Crippen LogP contribution in [0.15, 0.2) is 0 Å². The number of ether oxygens (including phenoxy) is 1. The van der Waals surface area contributed by atoms with Crippen LogP contribution in [0.3, 0.4) is 0 Å². The van der Waals surface area contributed by atoms with Crippen LogP contribution in [0.5, 0.6) is 0 Å². The van der Waals surface area contributed by atoms with Crippen molar-refractivity contribution < 1.29 is 14.6 Å². The molecule has 1 heterocycles. The van der Waals surface area contributed by atoms with Gasteiger partial charge in [-0.1, -0.05) is 0 Å². The summed E-state index contributed by atoms with van der Waals surface area (Å²) in [5, 5.41) is 13.4. The van der Waals surface area contributed by atoms with Crippen molar-refractivity contribution in [3.05, 3.63) is 0 Å². The number of amides is 1. The molecule has 2 N–H and O–H groups in total. The van der Waals surface area contributed by atoms with Crippen LogP contribution in [0, 0.1) is 0 Å². The van der Waals surface area contributed by atoms with Crippen molar-refractivity contribution in [2.24, 2.45) is 0 Å². The Morgan fingerprint density at radius 2 is 1.75 bits per heavy atom. The maximum Gasteiger partial charge on any atom is 0.410 e. The Bertz CT molecular complexity index is 323. The Kier molecular flexibility index (Phi) is 5.44. The maximum absolute atomic E-state index is 11.9. The van der Waals surface area contributed by atoms with E-state index in [0.717, 1.165) is 12.8 Å². The van der Waals surface area contributed by atoms with Crippen LogP contribution in [-0.4, -0.2) is 52.5 Å². The van der Waals surface area contributed by atoms with Crippen molar-refractivity contribution in [2.75, 3.05) is 13.1 Å². The molecule has 5 nitrogen and oxygen atoms in total. The van der Waals surface area contributed by atoms with E-state index < -0.39 is 11.2 Å². The SMILES string of the molecule is CC(NC1CCN(C(=O)OC(C)(C)C)CC1)C(C)(C)O. The Hall–Kier alpha value is -0.810. The number of piperidine rings is 1. The van der Waals surface area contributed by atoms with Crippen LogP contribution in [0.1, 0.15) is 54.4 Å².